The lowest BCUT2D eigenvalue weighted by atomic mass is 9.90. The molecule has 0 bridgehead atoms. The van der Waals surface area contributed by atoms with E-state index in [0.29, 0.717) is 12.0 Å². The van der Waals surface area contributed by atoms with Gasteiger partial charge in [0, 0.05) is 10.5 Å². The first kappa shape index (κ1) is 12.1. The van der Waals surface area contributed by atoms with Gasteiger partial charge < -0.3 is 0 Å². The third-order valence-corrected chi connectivity index (χ3v) is 4.55. The summed E-state index contributed by atoms with van der Waals surface area (Å²) in [4.78, 5) is 0. The Hall–Kier alpha value is -0.380. The lowest BCUT2D eigenvalue weighted by Gasteiger charge is -2.25. The van der Waals surface area contributed by atoms with E-state index < -0.39 is 0 Å². The number of hydrogen-bond donors (Lipinski definition) is 2. The van der Waals surface area contributed by atoms with E-state index >= 15 is 0 Å². The molecule has 1 atom stereocenters. The summed E-state index contributed by atoms with van der Waals surface area (Å²) >= 11 is 3.58. The summed E-state index contributed by atoms with van der Waals surface area (Å²) in [5.74, 6) is 6.43. The molecule has 1 aliphatic carbocycles. The molecule has 2 nitrogen and oxygen atoms in total. The number of rotatable bonds is 3. The van der Waals surface area contributed by atoms with Gasteiger partial charge in [0.1, 0.15) is 0 Å². The smallest absolute Gasteiger partial charge is 0.0491 e. The molecule has 0 aliphatic heterocycles. The molecule has 1 aliphatic rings. The molecule has 1 fully saturated rings. The number of benzene rings is 1. The first-order valence-corrected chi connectivity index (χ1v) is 6.74. The molecule has 0 saturated heterocycles. The Morgan fingerprint density at radius 2 is 2.06 bits per heavy atom. The van der Waals surface area contributed by atoms with Crippen LogP contribution in [0.15, 0.2) is 22.7 Å². The lowest BCUT2D eigenvalue weighted by molar-refractivity contribution is 0.372. The van der Waals surface area contributed by atoms with Gasteiger partial charge in [0.25, 0.3) is 0 Å². The van der Waals surface area contributed by atoms with Gasteiger partial charge in [-0.25, -0.2) is 0 Å². The van der Waals surface area contributed by atoms with Crippen molar-refractivity contribution < 1.29 is 0 Å². The summed E-state index contributed by atoms with van der Waals surface area (Å²) in [7, 11) is 0. The van der Waals surface area contributed by atoms with Crippen molar-refractivity contribution in [2.24, 2.45) is 11.8 Å². The van der Waals surface area contributed by atoms with Gasteiger partial charge in [0.2, 0.25) is 0 Å². The zero-order chi connectivity index (χ0) is 11.5. The summed E-state index contributed by atoms with van der Waals surface area (Å²) in [6.07, 6.45) is 5.27. The fraction of sp³-hybridized carbons (Fsp3) is 0.538. The highest BCUT2D eigenvalue weighted by Gasteiger charge is 2.26. The molecule has 1 unspecified atom stereocenters. The maximum absolute atomic E-state index is 5.74. The SMILES string of the molecule is Cc1c(Br)cccc1C(NN)C1CCCC1. The van der Waals surface area contributed by atoms with E-state index in [2.05, 4.69) is 46.5 Å². The Bertz CT molecular complexity index is 359. The predicted molar refractivity (Wildman–Crippen MR) is 70.9 cm³/mol. The van der Waals surface area contributed by atoms with Gasteiger partial charge in [-0.3, -0.25) is 11.3 Å². The van der Waals surface area contributed by atoms with Crippen molar-refractivity contribution in [2.45, 2.75) is 38.6 Å². The fourth-order valence-corrected chi connectivity index (χ4v) is 3.11. The van der Waals surface area contributed by atoms with Crippen molar-refractivity contribution >= 4 is 15.9 Å². The summed E-state index contributed by atoms with van der Waals surface area (Å²) in [5.41, 5.74) is 5.65. The van der Waals surface area contributed by atoms with Crippen LogP contribution in [-0.2, 0) is 0 Å². The first-order valence-electron chi connectivity index (χ1n) is 5.95. The van der Waals surface area contributed by atoms with E-state index in [1.165, 1.54) is 41.3 Å². The second-order valence-electron chi connectivity index (χ2n) is 4.64. The van der Waals surface area contributed by atoms with Gasteiger partial charge in [0.05, 0.1) is 0 Å². The van der Waals surface area contributed by atoms with Gasteiger partial charge in [-0.05, 0) is 42.9 Å². The Kier molecular flexibility index (Phi) is 4.00. The largest absolute Gasteiger partial charge is 0.271 e. The first-order chi connectivity index (χ1) is 7.74. The van der Waals surface area contributed by atoms with Gasteiger partial charge in [-0.1, -0.05) is 40.9 Å². The summed E-state index contributed by atoms with van der Waals surface area (Å²) < 4.78 is 1.17. The molecule has 0 aromatic heterocycles. The topological polar surface area (TPSA) is 38.0 Å². The van der Waals surface area contributed by atoms with E-state index in [4.69, 9.17) is 5.84 Å². The van der Waals surface area contributed by atoms with Crippen LogP contribution in [0, 0.1) is 12.8 Å². The van der Waals surface area contributed by atoms with Crippen LogP contribution in [0.5, 0.6) is 0 Å². The highest BCUT2D eigenvalue weighted by Crippen LogP contribution is 2.37. The molecule has 0 radical (unpaired) electrons. The normalized spacial score (nSPS) is 18.9. The van der Waals surface area contributed by atoms with Crippen molar-refractivity contribution in [3.05, 3.63) is 33.8 Å². The zero-order valence-corrected chi connectivity index (χ0v) is 11.3. The van der Waals surface area contributed by atoms with E-state index in [-0.39, 0.29) is 0 Å². The Morgan fingerprint density at radius 1 is 1.38 bits per heavy atom. The highest BCUT2D eigenvalue weighted by atomic mass is 79.9. The zero-order valence-electron chi connectivity index (χ0n) is 9.67. The number of nitrogens with one attached hydrogen (secondary N) is 1. The number of hydrogen-bond acceptors (Lipinski definition) is 2. The van der Waals surface area contributed by atoms with E-state index in [1.807, 2.05) is 0 Å². The number of halogens is 1. The highest BCUT2D eigenvalue weighted by molar-refractivity contribution is 9.10. The molecule has 0 spiro atoms. The van der Waals surface area contributed by atoms with Gasteiger partial charge in [-0.2, -0.15) is 0 Å². The molecule has 2 rings (SSSR count). The summed E-state index contributed by atoms with van der Waals surface area (Å²) in [6, 6.07) is 6.66. The van der Waals surface area contributed by atoms with Crippen molar-refractivity contribution in [3.63, 3.8) is 0 Å². The third-order valence-electron chi connectivity index (χ3n) is 3.70. The van der Waals surface area contributed by atoms with E-state index in [9.17, 15) is 0 Å². The Morgan fingerprint density at radius 3 is 2.69 bits per heavy atom. The quantitative estimate of drug-likeness (QED) is 0.658. The second kappa shape index (κ2) is 5.30. The van der Waals surface area contributed by atoms with Crippen LogP contribution in [0.2, 0.25) is 0 Å². The lowest BCUT2D eigenvalue weighted by Crippen LogP contribution is -2.33. The fourth-order valence-electron chi connectivity index (χ4n) is 2.73. The minimum atomic E-state index is 0.306. The second-order valence-corrected chi connectivity index (χ2v) is 5.50. The molecule has 1 aromatic carbocycles. The van der Waals surface area contributed by atoms with Crippen molar-refractivity contribution in [3.8, 4) is 0 Å². The van der Waals surface area contributed by atoms with Crippen LogP contribution >= 0.6 is 15.9 Å². The van der Waals surface area contributed by atoms with Gasteiger partial charge in [-0.15, -0.1) is 0 Å². The van der Waals surface area contributed by atoms with Crippen molar-refractivity contribution in [1.82, 2.24) is 5.43 Å². The molecular formula is C13H19BrN2. The molecule has 3 N–H and O–H groups in total. The standard InChI is InChI=1S/C13H19BrN2/c1-9-11(7-4-8-12(9)14)13(16-15)10-5-2-3-6-10/h4,7-8,10,13,16H,2-3,5-6,15H2,1H3. The molecule has 16 heavy (non-hydrogen) atoms. The molecule has 3 heteroatoms. The number of nitrogens with two attached hydrogens (primary N) is 1. The monoisotopic (exact) mass is 282 g/mol. The molecule has 88 valence electrons. The summed E-state index contributed by atoms with van der Waals surface area (Å²) in [5, 5.41) is 0. The molecule has 1 aromatic rings. The van der Waals surface area contributed by atoms with Crippen LogP contribution in [-0.4, -0.2) is 0 Å². The number of hydrazine groups is 1. The maximum atomic E-state index is 5.74. The Balaban J connectivity index is 2.28. The minimum absolute atomic E-state index is 0.306. The van der Waals surface area contributed by atoms with Crippen LogP contribution in [0.4, 0.5) is 0 Å². The van der Waals surface area contributed by atoms with Crippen molar-refractivity contribution in [1.29, 1.82) is 0 Å². The average molecular weight is 283 g/mol. The Labute approximate surface area is 106 Å². The van der Waals surface area contributed by atoms with Crippen LogP contribution in [0.3, 0.4) is 0 Å². The molecule has 1 saturated carbocycles. The van der Waals surface area contributed by atoms with E-state index in [0.717, 1.165) is 0 Å². The van der Waals surface area contributed by atoms with Crippen LogP contribution < -0.4 is 11.3 Å². The van der Waals surface area contributed by atoms with Crippen molar-refractivity contribution in [2.75, 3.05) is 0 Å². The molecule has 0 heterocycles. The van der Waals surface area contributed by atoms with Crippen LogP contribution in [0.1, 0.15) is 42.9 Å². The van der Waals surface area contributed by atoms with Gasteiger partial charge >= 0.3 is 0 Å². The van der Waals surface area contributed by atoms with Gasteiger partial charge in [0.15, 0.2) is 0 Å². The molecular weight excluding hydrogens is 264 g/mol. The molecule has 0 amide bonds. The minimum Gasteiger partial charge on any atom is -0.271 e. The maximum Gasteiger partial charge on any atom is 0.0491 e. The van der Waals surface area contributed by atoms with Crippen LogP contribution in [0.25, 0.3) is 0 Å². The third kappa shape index (κ3) is 2.31. The van der Waals surface area contributed by atoms with E-state index in [1.54, 1.807) is 0 Å². The average Bonchev–Trinajstić information content (AvgIpc) is 2.79. The summed E-state index contributed by atoms with van der Waals surface area (Å²) in [6.45, 7) is 2.15. The predicted octanol–water partition coefficient (Wildman–Crippen LogP) is 3.45.